The lowest BCUT2D eigenvalue weighted by Crippen LogP contribution is -2.14. The standard InChI is InChI=1S/C14H11ClN2O3S/c1-9-3-2-4-13(18)14(9)17-21(19,20)11-6-5-10(8-16)12(15)7-11/h2-7,17-18H,1H3. The summed E-state index contributed by atoms with van der Waals surface area (Å²) in [6, 6.07) is 10.3. The number of phenolic OH excluding ortho intramolecular Hbond substituents is 1. The van der Waals surface area contributed by atoms with Crippen LogP contribution in [0, 0.1) is 18.3 Å². The van der Waals surface area contributed by atoms with E-state index in [1.54, 1.807) is 19.1 Å². The molecule has 0 aromatic heterocycles. The highest BCUT2D eigenvalue weighted by molar-refractivity contribution is 7.92. The van der Waals surface area contributed by atoms with Gasteiger partial charge in [-0.25, -0.2) is 8.42 Å². The summed E-state index contributed by atoms with van der Waals surface area (Å²) in [5.74, 6) is -0.168. The molecule has 0 bridgehead atoms. The fourth-order valence-corrected chi connectivity index (χ4v) is 3.19. The Morgan fingerprint density at radius 1 is 1.29 bits per heavy atom. The Hall–Kier alpha value is -2.23. The highest BCUT2D eigenvalue weighted by atomic mass is 35.5. The number of sulfonamides is 1. The van der Waals surface area contributed by atoms with E-state index in [2.05, 4.69) is 4.72 Å². The summed E-state index contributed by atoms with van der Waals surface area (Å²) in [7, 11) is -3.91. The summed E-state index contributed by atoms with van der Waals surface area (Å²) in [6.45, 7) is 1.67. The summed E-state index contributed by atoms with van der Waals surface area (Å²) in [5.41, 5.74) is 0.880. The first-order valence-corrected chi connectivity index (χ1v) is 7.72. The van der Waals surface area contributed by atoms with Crippen LogP contribution in [0.3, 0.4) is 0 Å². The van der Waals surface area contributed by atoms with Crippen LogP contribution in [0.1, 0.15) is 11.1 Å². The zero-order valence-corrected chi connectivity index (χ0v) is 12.5. The molecular weight excluding hydrogens is 312 g/mol. The SMILES string of the molecule is Cc1cccc(O)c1NS(=O)(=O)c1ccc(C#N)c(Cl)c1. The maximum absolute atomic E-state index is 12.3. The van der Waals surface area contributed by atoms with E-state index in [9.17, 15) is 13.5 Å². The maximum Gasteiger partial charge on any atom is 0.262 e. The van der Waals surface area contributed by atoms with E-state index >= 15 is 0 Å². The van der Waals surface area contributed by atoms with Crippen molar-refractivity contribution >= 4 is 27.3 Å². The molecule has 0 aliphatic rings. The van der Waals surface area contributed by atoms with Crippen molar-refractivity contribution < 1.29 is 13.5 Å². The summed E-state index contributed by atoms with van der Waals surface area (Å²) in [5, 5.41) is 18.6. The third-order valence-electron chi connectivity index (χ3n) is 2.86. The molecular formula is C14H11ClN2O3S. The van der Waals surface area contributed by atoms with Crippen LogP contribution >= 0.6 is 11.6 Å². The molecule has 21 heavy (non-hydrogen) atoms. The van der Waals surface area contributed by atoms with Crippen LogP contribution in [-0.2, 0) is 10.0 Å². The van der Waals surface area contributed by atoms with Gasteiger partial charge in [0.1, 0.15) is 11.8 Å². The molecule has 0 saturated carbocycles. The Morgan fingerprint density at radius 2 is 2.00 bits per heavy atom. The van der Waals surface area contributed by atoms with Crippen molar-refractivity contribution in [2.45, 2.75) is 11.8 Å². The number of benzene rings is 2. The van der Waals surface area contributed by atoms with Gasteiger partial charge < -0.3 is 5.11 Å². The van der Waals surface area contributed by atoms with Crippen molar-refractivity contribution in [2.24, 2.45) is 0 Å². The zero-order chi connectivity index (χ0) is 15.6. The van der Waals surface area contributed by atoms with Gasteiger partial charge in [0.05, 0.1) is 21.2 Å². The molecule has 0 unspecified atom stereocenters. The van der Waals surface area contributed by atoms with Gasteiger partial charge in [-0.1, -0.05) is 23.7 Å². The number of rotatable bonds is 3. The number of para-hydroxylation sites is 1. The maximum atomic E-state index is 12.3. The number of phenols is 1. The van der Waals surface area contributed by atoms with E-state index < -0.39 is 10.0 Å². The molecule has 2 aromatic carbocycles. The van der Waals surface area contributed by atoms with Crippen molar-refractivity contribution in [2.75, 3.05) is 4.72 Å². The fraction of sp³-hybridized carbons (Fsp3) is 0.0714. The van der Waals surface area contributed by atoms with Gasteiger partial charge in [0.2, 0.25) is 0 Å². The molecule has 2 N–H and O–H groups in total. The van der Waals surface area contributed by atoms with Gasteiger partial charge in [-0.15, -0.1) is 0 Å². The molecule has 0 aliphatic carbocycles. The molecule has 0 saturated heterocycles. The lowest BCUT2D eigenvalue weighted by atomic mass is 10.2. The van der Waals surface area contributed by atoms with Gasteiger partial charge in [0.15, 0.2) is 0 Å². The Labute approximate surface area is 127 Å². The van der Waals surface area contributed by atoms with Gasteiger partial charge in [-0.2, -0.15) is 5.26 Å². The minimum absolute atomic E-state index is 0.0504. The highest BCUT2D eigenvalue weighted by Gasteiger charge is 2.18. The summed E-state index contributed by atoms with van der Waals surface area (Å²) in [6.07, 6.45) is 0. The molecule has 0 spiro atoms. The van der Waals surface area contributed by atoms with Gasteiger partial charge in [0.25, 0.3) is 10.0 Å². The molecule has 0 radical (unpaired) electrons. The first-order chi connectivity index (χ1) is 9.85. The van der Waals surface area contributed by atoms with Crippen LogP contribution in [0.15, 0.2) is 41.3 Å². The average molecular weight is 323 g/mol. The monoisotopic (exact) mass is 322 g/mol. The van der Waals surface area contributed by atoms with Crippen molar-refractivity contribution in [3.63, 3.8) is 0 Å². The van der Waals surface area contributed by atoms with Crippen molar-refractivity contribution in [3.05, 3.63) is 52.5 Å². The van der Waals surface area contributed by atoms with Gasteiger partial charge in [-0.05, 0) is 36.8 Å². The minimum atomic E-state index is -3.91. The van der Waals surface area contributed by atoms with E-state index in [4.69, 9.17) is 16.9 Å². The van der Waals surface area contributed by atoms with Crippen LogP contribution in [0.5, 0.6) is 5.75 Å². The van der Waals surface area contributed by atoms with Gasteiger partial charge in [-0.3, -0.25) is 4.72 Å². The molecule has 0 amide bonds. The molecule has 0 heterocycles. The molecule has 5 nitrogen and oxygen atoms in total. The van der Waals surface area contributed by atoms with Crippen LogP contribution in [0.25, 0.3) is 0 Å². The Balaban J connectivity index is 2.44. The second-order valence-electron chi connectivity index (χ2n) is 4.33. The Bertz CT molecular complexity index is 822. The van der Waals surface area contributed by atoms with Crippen molar-refractivity contribution in [1.29, 1.82) is 5.26 Å². The second kappa shape index (κ2) is 5.64. The molecule has 7 heteroatoms. The zero-order valence-electron chi connectivity index (χ0n) is 11.0. The second-order valence-corrected chi connectivity index (χ2v) is 6.42. The van der Waals surface area contributed by atoms with Crippen LogP contribution < -0.4 is 4.72 Å². The molecule has 108 valence electrons. The highest BCUT2D eigenvalue weighted by Crippen LogP contribution is 2.29. The minimum Gasteiger partial charge on any atom is -0.506 e. The lowest BCUT2D eigenvalue weighted by molar-refractivity contribution is 0.477. The van der Waals surface area contributed by atoms with Crippen LogP contribution in [0.2, 0.25) is 5.02 Å². The first kappa shape index (κ1) is 15.2. The number of nitrogens with zero attached hydrogens (tertiary/aromatic N) is 1. The lowest BCUT2D eigenvalue weighted by Gasteiger charge is -2.12. The van der Waals surface area contributed by atoms with E-state index in [1.165, 1.54) is 24.3 Å². The molecule has 0 atom stereocenters. The molecule has 0 aliphatic heterocycles. The Morgan fingerprint density at radius 3 is 2.57 bits per heavy atom. The number of hydrogen-bond donors (Lipinski definition) is 2. The van der Waals surface area contributed by atoms with E-state index in [0.29, 0.717) is 5.56 Å². The third-order valence-corrected chi connectivity index (χ3v) is 4.52. The van der Waals surface area contributed by atoms with Crippen LogP contribution in [0.4, 0.5) is 5.69 Å². The number of nitriles is 1. The quantitative estimate of drug-likeness (QED) is 0.850. The predicted molar refractivity (Wildman–Crippen MR) is 79.8 cm³/mol. The smallest absolute Gasteiger partial charge is 0.262 e. The molecule has 2 aromatic rings. The number of halogens is 1. The Kier molecular flexibility index (Phi) is 4.07. The number of anilines is 1. The number of aromatic hydroxyl groups is 1. The van der Waals surface area contributed by atoms with Crippen molar-refractivity contribution in [3.8, 4) is 11.8 Å². The number of nitrogens with one attached hydrogen (secondary N) is 1. The van der Waals surface area contributed by atoms with Crippen molar-refractivity contribution in [1.82, 2.24) is 0 Å². The summed E-state index contributed by atoms with van der Waals surface area (Å²) in [4.78, 5) is -0.0887. The number of aryl methyl sites for hydroxylation is 1. The average Bonchev–Trinajstić information content (AvgIpc) is 2.43. The third kappa shape index (κ3) is 3.10. The van der Waals surface area contributed by atoms with E-state index in [1.807, 2.05) is 6.07 Å². The topological polar surface area (TPSA) is 90.2 Å². The normalized spacial score (nSPS) is 10.9. The van der Waals surface area contributed by atoms with E-state index in [-0.39, 0.29) is 26.9 Å². The molecule has 2 rings (SSSR count). The predicted octanol–water partition coefficient (Wildman–Crippen LogP) is 3.03. The number of hydrogen-bond acceptors (Lipinski definition) is 4. The molecule has 0 fully saturated rings. The largest absolute Gasteiger partial charge is 0.506 e. The van der Waals surface area contributed by atoms with Crippen LogP contribution in [-0.4, -0.2) is 13.5 Å². The van der Waals surface area contributed by atoms with E-state index in [0.717, 1.165) is 0 Å². The summed E-state index contributed by atoms with van der Waals surface area (Å²) < 4.78 is 26.9. The first-order valence-electron chi connectivity index (χ1n) is 5.86. The fourth-order valence-electron chi connectivity index (χ4n) is 1.73. The summed E-state index contributed by atoms with van der Waals surface area (Å²) >= 11 is 5.84. The van der Waals surface area contributed by atoms with Gasteiger partial charge >= 0.3 is 0 Å². The van der Waals surface area contributed by atoms with Gasteiger partial charge in [0, 0.05) is 0 Å².